The molecule has 0 aliphatic carbocycles. The standard InChI is InChI=1S/C8H10NO3/c10-9-4-2-1-3-7(9)8-11-5-6-12-8/h1-4,8,10H,5-6H2/q+1. The zero-order valence-corrected chi connectivity index (χ0v) is 6.51. The summed E-state index contributed by atoms with van der Waals surface area (Å²) in [5.41, 5.74) is 0.620. The lowest BCUT2D eigenvalue weighted by molar-refractivity contribution is -0.912. The van der Waals surface area contributed by atoms with Crippen LogP contribution in [0.2, 0.25) is 0 Å². The maximum atomic E-state index is 9.33. The van der Waals surface area contributed by atoms with Crippen LogP contribution in [0.3, 0.4) is 0 Å². The van der Waals surface area contributed by atoms with E-state index in [1.807, 2.05) is 6.07 Å². The van der Waals surface area contributed by atoms with Crippen LogP contribution in [0.25, 0.3) is 0 Å². The number of pyridine rings is 1. The Morgan fingerprint density at radius 3 is 2.75 bits per heavy atom. The van der Waals surface area contributed by atoms with Crippen LogP contribution in [0.4, 0.5) is 0 Å². The summed E-state index contributed by atoms with van der Waals surface area (Å²) in [4.78, 5) is 0. The van der Waals surface area contributed by atoms with Crippen molar-refractivity contribution >= 4 is 0 Å². The van der Waals surface area contributed by atoms with Crippen molar-refractivity contribution in [3.63, 3.8) is 0 Å². The van der Waals surface area contributed by atoms with Crippen LogP contribution in [-0.4, -0.2) is 18.4 Å². The maximum Gasteiger partial charge on any atom is 0.289 e. The molecule has 0 saturated carbocycles. The molecule has 0 unspecified atom stereocenters. The zero-order valence-electron chi connectivity index (χ0n) is 6.51. The summed E-state index contributed by atoms with van der Waals surface area (Å²) in [7, 11) is 0. The average molecular weight is 168 g/mol. The second-order valence-electron chi connectivity index (χ2n) is 2.54. The van der Waals surface area contributed by atoms with E-state index in [1.165, 1.54) is 0 Å². The molecule has 1 aliphatic rings. The van der Waals surface area contributed by atoms with Crippen molar-refractivity contribution in [1.82, 2.24) is 0 Å². The van der Waals surface area contributed by atoms with E-state index in [9.17, 15) is 5.21 Å². The Labute approximate surface area is 69.9 Å². The van der Waals surface area contributed by atoms with Gasteiger partial charge < -0.3 is 9.47 Å². The smallest absolute Gasteiger partial charge is 0.289 e. The third kappa shape index (κ3) is 1.26. The van der Waals surface area contributed by atoms with Crippen molar-refractivity contribution in [2.45, 2.75) is 6.29 Å². The van der Waals surface area contributed by atoms with Crippen LogP contribution in [-0.2, 0) is 9.47 Å². The van der Waals surface area contributed by atoms with Gasteiger partial charge in [-0.05, 0) is 6.07 Å². The van der Waals surface area contributed by atoms with Crippen molar-refractivity contribution < 1.29 is 19.4 Å². The van der Waals surface area contributed by atoms with Gasteiger partial charge in [0.2, 0.25) is 12.5 Å². The molecular formula is C8H10NO3+. The summed E-state index contributed by atoms with van der Waals surface area (Å²) in [5, 5.41) is 9.33. The largest absolute Gasteiger partial charge is 0.341 e. The molecule has 0 atom stereocenters. The molecule has 1 N–H and O–H groups in total. The first kappa shape index (κ1) is 7.52. The van der Waals surface area contributed by atoms with E-state index < -0.39 is 6.29 Å². The molecule has 0 amide bonds. The van der Waals surface area contributed by atoms with Gasteiger partial charge in [-0.2, -0.15) is 0 Å². The number of hydrogen-bond donors (Lipinski definition) is 1. The van der Waals surface area contributed by atoms with Gasteiger partial charge in [0, 0.05) is 16.9 Å². The molecule has 1 fully saturated rings. The van der Waals surface area contributed by atoms with E-state index in [-0.39, 0.29) is 0 Å². The predicted octanol–water partition coefficient (Wildman–Crippen LogP) is 0.257. The van der Waals surface area contributed by atoms with Gasteiger partial charge in [0.15, 0.2) is 0 Å². The number of hydrogen-bond acceptors (Lipinski definition) is 3. The molecule has 64 valence electrons. The lowest BCUT2D eigenvalue weighted by atomic mass is 10.3. The van der Waals surface area contributed by atoms with Crippen molar-refractivity contribution in [2.24, 2.45) is 0 Å². The highest BCUT2D eigenvalue weighted by molar-refractivity contribution is 4.98. The molecule has 4 heteroatoms. The minimum atomic E-state index is -0.420. The third-order valence-corrected chi connectivity index (χ3v) is 1.73. The van der Waals surface area contributed by atoms with Gasteiger partial charge in [-0.25, -0.2) is 0 Å². The van der Waals surface area contributed by atoms with Gasteiger partial charge in [-0.1, -0.05) is 0 Å². The van der Waals surface area contributed by atoms with Gasteiger partial charge in [-0.3, -0.25) is 5.21 Å². The number of nitrogens with zero attached hydrogens (tertiary/aromatic N) is 1. The lowest BCUT2D eigenvalue weighted by Gasteiger charge is -2.02. The Bertz CT molecular complexity index is 271. The van der Waals surface area contributed by atoms with Gasteiger partial charge in [0.25, 0.3) is 5.69 Å². The second kappa shape index (κ2) is 3.08. The molecule has 1 saturated heterocycles. The predicted molar refractivity (Wildman–Crippen MR) is 38.5 cm³/mol. The summed E-state index contributed by atoms with van der Waals surface area (Å²) in [5.74, 6) is 0. The molecule has 4 nitrogen and oxygen atoms in total. The molecule has 0 spiro atoms. The highest BCUT2D eigenvalue weighted by atomic mass is 16.7. The van der Waals surface area contributed by atoms with E-state index >= 15 is 0 Å². The highest BCUT2D eigenvalue weighted by Gasteiger charge is 2.27. The minimum absolute atomic E-state index is 0.420. The number of rotatable bonds is 1. The number of aromatic nitrogens is 1. The quantitative estimate of drug-likeness (QED) is 0.483. The first-order valence-electron chi connectivity index (χ1n) is 3.81. The summed E-state index contributed by atoms with van der Waals surface area (Å²) >= 11 is 0. The molecule has 0 radical (unpaired) electrons. The van der Waals surface area contributed by atoms with Crippen LogP contribution >= 0.6 is 0 Å². The van der Waals surface area contributed by atoms with E-state index in [2.05, 4.69) is 0 Å². The molecule has 2 rings (SSSR count). The van der Waals surface area contributed by atoms with Crippen LogP contribution in [0.15, 0.2) is 24.4 Å². The first-order valence-corrected chi connectivity index (χ1v) is 3.81. The fourth-order valence-corrected chi connectivity index (χ4v) is 1.16. The topological polar surface area (TPSA) is 42.6 Å². The second-order valence-corrected chi connectivity index (χ2v) is 2.54. The molecule has 0 bridgehead atoms. The Kier molecular flexibility index (Phi) is 1.93. The fourth-order valence-electron chi connectivity index (χ4n) is 1.16. The van der Waals surface area contributed by atoms with Crippen molar-refractivity contribution in [1.29, 1.82) is 0 Å². The van der Waals surface area contributed by atoms with Crippen LogP contribution in [0.5, 0.6) is 0 Å². The summed E-state index contributed by atoms with van der Waals surface area (Å²) < 4.78 is 11.4. The summed E-state index contributed by atoms with van der Waals surface area (Å²) in [6.07, 6.45) is 1.12. The third-order valence-electron chi connectivity index (χ3n) is 1.73. The summed E-state index contributed by atoms with van der Waals surface area (Å²) in [6, 6.07) is 5.32. The molecule has 1 aliphatic heterocycles. The Morgan fingerprint density at radius 1 is 1.33 bits per heavy atom. The van der Waals surface area contributed by atoms with Crippen LogP contribution in [0, 0.1) is 0 Å². The molecule has 1 aromatic heterocycles. The van der Waals surface area contributed by atoms with Gasteiger partial charge in [0.05, 0.1) is 13.2 Å². The fraction of sp³-hybridized carbons (Fsp3) is 0.375. The zero-order chi connectivity index (χ0) is 8.39. The van der Waals surface area contributed by atoms with E-state index in [1.54, 1.807) is 18.3 Å². The van der Waals surface area contributed by atoms with Crippen molar-refractivity contribution in [3.8, 4) is 0 Å². The lowest BCUT2D eigenvalue weighted by Crippen LogP contribution is -2.36. The Hall–Kier alpha value is -1.13. The van der Waals surface area contributed by atoms with Gasteiger partial charge >= 0.3 is 0 Å². The molecule has 1 aromatic rings. The van der Waals surface area contributed by atoms with Crippen molar-refractivity contribution in [2.75, 3.05) is 13.2 Å². The Balaban J connectivity index is 2.26. The van der Waals surface area contributed by atoms with E-state index in [0.29, 0.717) is 18.9 Å². The maximum absolute atomic E-state index is 9.33. The molecule has 2 heterocycles. The van der Waals surface area contributed by atoms with E-state index in [0.717, 1.165) is 4.73 Å². The van der Waals surface area contributed by atoms with E-state index in [4.69, 9.17) is 9.47 Å². The Morgan fingerprint density at radius 2 is 2.08 bits per heavy atom. The SMILES string of the molecule is O[n+]1ccccc1C1OCCO1. The molecule has 12 heavy (non-hydrogen) atoms. The summed E-state index contributed by atoms with van der Waals surface area (Å²) in [6.45, 7) is 1.17. The molecule has 0 aromatic carbocycles. The van der Waals surface area contributed by atoms with Crippen LogP contribution < -0.4 is 4.73 Å². The van der Waals surface area contributed by atoms with Crippen LogP contribution in [0.1, 0.15) is 12.0 Å². The minimum Gasteiger partial charge on any atom is -0.341 e. The highest BCUT2D eigenvalue weighted by Crippen LogP contribution is 2.19. The monoisotopic (exact) mass is 168 g/mol. The molecular weight excluding hydrogens is 158 g/mol. The normalized spacial score (nSPS) is 18.3. The van der Waals surface area contributed by atoms with Gasteiger partial charge in [0.1, 0.15) is 0 Å². The van der Waals surface area contributed by atoms with Gasteiger partial charge in [-0.15, -0.1) is 0 Å². The number of ether oxygens (including phenoxy) is 2. The average Bonchev–Trinajstić information content (AvgIpc) is 2.57. The van der Waals surface area contributed by atoms with Crippen molar-refractivity contribution in [3.05, 3.63) is 30.1 Å². The first-order chi connectivity index (χ1) is 5.88.